The first-order valence-electron chi connectivity index (χ1n) is 6.32. The van der Waals surface area contributed by atoms with Crippen molar-refractivity contribution in [1.82, 2.24) is 5.32 Å². The zero-order valence-electron chi connectivity index (χ0n) is 10.2. The molecule has 0 spiro atoms. The number of carbonyl (C=O) groups excluding carboxylic acids is 1. The van der Waals surface area contributed by atoms with E-state index < -0.39 is 0 Å². The Kier molecular flexibility index (Phi) is 4.61. The van der Waals surface area contributed by atoms with Crippen molar-refractivity contribution in [1.29, 1.82) is 0 Å². The predicted octanol–water partition coefficient (Wildman–Crippen LogP) is 2.16. The second-order valence-corrected chi connectivity index (χ2v) is 5.38. The molecule has 3 nitrogen and oxygen atoms in total. The summed E-state index contributed by atoms with van der Waals surface area (Å²) in [5.41, 5.74) is 0.961. The van der Waals surface area contributed by atoms with E-state index in [1.54, 1.807) is 12.1 Å². The molecule has 4 heteroatoms. The van der Waals surface area contributed by atoms with Crippen LogP contribution in [0.2, 0.25) is 5.02 Å². The number of hydrogen-bond acceptors (Lipinski definition) is 2. The van der Waals surface area contributed by atoms with Gasteiger partial charge in [0.15, 0.2) is 0 Å². The number of aliphatic hydroxyl groups is 1. The summed E-state index contributed by atoms with van der Waals surface area (Å²) in [6, 6.07) is 7.30. The van der Waals surface area contributed by atoms with Crippen molar-refractivity contribution in [2.24, 2.45) is 5.92 Å². The van der Waals surface area contributed by atoms with E-state index in [4.69, 9.17) is 11.6 Å². The number of aliphatic hydroxyl groups excluding tert-OH is 1. The number of benzene rings is 1. The molecule has 1 aliphatic carbocycles. The highest BCUT2D eigenvalue weighted by Crippen LogP contribution is 2.24. The third-order valence-electron chi connectivity index (χ3n) is 3.38. The Labute approximate surface area is 112 Å². The predicted molar refractivity (Wildman–Crippen MR) is 71.5 cm³/mol. The maximum Gasteiger partial charge on any atom is 0.224 e. The van der Waals surface area contributed by atoms with E-state index in [0.29, 0.717) is 23.9 Å². The van der Waals surface area contributed by atoms with Crippen LogP contribution in [0.1, 0.15) is 24.8 Å². The second kappa shape index (κ2) is 6.21. The van der Waals surface area contributed by atoms with E-state index in [1.165, 1.54) is 0 Å². The van der Waals surface area contributed by atoms with Gasteiger partial charge in [0, 0.05) is 11.6 Å². The molecule has 2 atom stereocenters. The van der Waals surface area contributed by atoms with Crippen LogP contribution < -0.4 is 5.32 Å². The summed E-state index contributed by atoms with van der Waals surface area (Å²) in [7, 11) is 0. The fourth-order valence-electron chi connectivity index (χ4n) is 2.34. The molecule has 1 aromatic carbocycles. The molecule has 1 amide bonds. The van der Waals surface area contributed by atoms with E-state index in [9.17, 15) is 9.90 Å². The van der Waals surface area contributed by atoms with Gasteiger partial charge in [-0.25, -0.2) is 0 Å². The molecule has 0 aromatic heterocycles. The smallest absolute Gasteiger partial charge is 0.224 e. The number of nitrogens with one attached hydrogen (secondary N) is 1. The first-order valence-corrected chi connectivity index (χ1v) is 6.70. The first kappa shape index (κ1) is 13.4. The number of amides is 1. The summed E-state index contributed by atoms with van der Waals surface area (Å²) >= 11 is 5.78. The average molecular weight is 268 g/mol. The molecule has 98 valence electrons. The van der Waals surface area contributed by atoms with Crippen molar-refractivity contribution < 1.29 is 9.90 Å². The zero-order chi connectivity index (χ0) is 13.0. The average Bonchev–Trinajstić information content (AvgIpc) is 2.76. The maximum absolute atomic E-state index is 11.7. The third kappa shape index (κ3) is 4.00. The van der Waals surface area contributed by atoms with E-state index >= 15 is 0 Å². The number of rotatable bonds is 4. The summed E-state index contributed by atoms with van der Waals surface area (Å²) < 4.78 is 0. The molecule has 2 rings (SSSR count). The van der Waals surface area contributed by atoms with Crippen molar-refractivity contribution in [3.05, 3.63) is 34.9 Å². The van der Waals surface area contributed by atoms with E-state index in [0.717, 1.165) is 24.8 Å². The molecule has 1 saturated carbocycles. The van der Waals surface area contributed by atoms with Crippen molar-refractivity contribution >= 4 is 17.5 Å². The fourth-order valence-corrected chi connectivity index (χ4v) is 2.47. The van der Waals surface area contributed by atoms with Gasteiger partial charge in [-0.3, -0.25) is 4.79 Å². The lowest BCUT2D eigenvalue weighted by Crippen LogP contribution is -2.29. The molecule has 2 unspecified atom stereocenters. The highest BCUT2D eigenvalue weighted by molar-refractivity contribution is 6.30. The molecule has 2 N–H and O–H groups in total. The van der Waals surface area contributed by atoms with Gasteiger partial charge < -0.3 is 10.4 Å². The summed E-state index contributed by atoms with van der Waals surface area (Å²) in [6.07, 6.45) is 2.87. The number of carbonyl (C=O) groups is 1. The molecule has 0 aliphatic heterocycles. The SMILES string of the molecule is O=C(Cc1ccc(Cl)cc1)NCC1CCC(O)C1. The molecule has 0 bridgehead atoms. The minimum atomic E-state index is -0.178. The quantitative estimate of drug-likeness (QED) is 0.878. The Morgan fingerprint density at radius 2 is 2.06 bits per heavy atom. The largest absolute Gasteiger partial charge is 0.393 e. The molecule has 1 aliphatic rings. The first-order chi connectivity index (χ1) is 8.63. The van der Waals surface area contributed by atoms with Crippen LogP contribution in [0.5, 0.6) is 0 Å². The Hall–Kier alpha value is -1.06. The monoisotopic (exact) mass is 267 g/mol. The third-order valence-corrected chi connectivity index (χ3v) is 3.63. The lowest BCUT2D eigenvalue weighted by Gasteiger charge is -2.10. The van der Waals surface area contributed by atoms with Crippen molar-refractivity contribution in [3.63, 3.8) is 0 Å². The van der Waals surface area contributed by atoms with Crippen molar-refractivity contribution in [3.8, 4) is 0 Å². The summed E-state index contributed by atoms with van der Waals surface area (Å²) in [5, 5.41) is 13.0. The second-order valence-electron chi connectivity index (χ2n) is 4.94. The van der Waals surface area contributed by atoms with Crippen LogP contribution in [0, 0.1) is 5.92 Å². The van der Waals surface area contributed by atoms with Crippen LogP contribution in [0.4, 0.5) is 0 Å². The van der Waals surface area contributed by atoms with E-state index in [1.807, 2.05) is 12.1 Å². The molecular weight excluding hydrogens is 250 g/mol. The molecule has 1 fully saturated rings. The standard InChI is InChI=1S/C14H18ClNO2/c15-12-4-1-10(2-5-12)8-14(18)16-9-11-3-6-13(17)7-11/h1-2,4-5,11,13,17H,3,6-9H2,(H,16,18). The highest BCUT2D eigenvalue weighted by atomic mass is 35.5. The Morgan fingerprint density at radius 1 is 1.33 bits per heavy atom. The molecular formula is C14H18ClNO2. The lowest BCUT2D eigenvalue weighted by molar-refractivity contribution is -0.120. The zero-order valence-corrected chi connectivity index (χ0v) is 11.0. The summed E-state index contributed by atoms with van der Waals surface area (Å²) in [5.74, 6) is 0.452. The van der Waals surface area contributed by atoms with E-state index in [-0.39, 0.29) is 12.0 Å². The lowest BCUT2D eigenvalue weighted by atomic mass is 10.1. The van der Waals surface area contributed by atoms with Gasteiger partial charge in [-0.05, 0) is 42.9 Å². The van der Waals surface area contributed by atoms with Crippen LogP contribution in [-0.2, 0) is 11.2 Å². The Bertz CT molecular complexity index is 405. The van der Waals surface area contributed by atoms with Crippen LogP contribution in [0.3, 0.4) is 0 Å². The number of hydrogen-bond donors (Lipinski definition) is 2. The van der Waals surface area contributed by atoms with Crippen LogP contribution in [0.25, 0.3) is 0 Å². The Balaban J connectivity index is 1.73. The van der Waals surface area contributed by atoms with Gasteiger partial charge in [0.2, 0.25) is 5.91 Å². The maximum atomic E-state index is 11.7. The number of halogens is 1. The van der Waals surface area contributed by atoms with Crippen LogP contribution in [-0.4, -0.2) is 23.7 Å². The van der Waals surface area contributed by atoms with Gasteiger partial charge in [-0.2, -0.15) is 0 Å². The van der Waals surface area contributed by atoms with Gasteiger partial charge in [0.1, 0.15) is 0 Å². The minimum absolute atomic E-state index is 0.0266. The van der Waals surface area contributed by atoms with Crippen molar-refractivity contribution in [2.45, 2.75) is 31.8 Å². The topological polar surface area (TPSA) is 49.3 Å². The van der Waals surface area contributed by atoms with Gasteiger partial charge in [-0.1, -0.05) is 23.7 Å². The Morgan fingerprint density at radius 3 is 2.67 bits per heavy atom. The van der Waals surface area contributed by atoms with Crippen LogP contribution >= 0.6 is 11.6 Å². The van der Waals surface area contributed by atoms with Crippen LogP contribution in [0.15, 0.2) is 24.3 Å². The van der Waals surface area contributed by atoms with Crippen molar-refractivity contribution in [2.75, 3.05) is 6.54 Å². The van der Waals surface area contributed by atoms with Gasteiger partial charge in [0.05, 0.1) is 12.5 Å². The minimum Gasteiger partial charge on any atom is -0.393 e. The molecule has 0 heterocycles. The normalized spacial score (nSPS) is 23.0. The molecule has 18 heavy (non-hydrogen) atoms. The van der Waals surface area contributed by atoms with Gasteiger partial charge in [0.25, 0.3) is 0 Å². The molecule has 0 saturated heterocycles. The molecule has 1 aromatic rings. The van der Waals surface area contributed by atoms with Gasteiger partial charge in [-0.15, -0.1) is 0 Å². The highest BCUT2D eigenvalue weighted by Gasteiger charge is 2.22. The fraction of sp³-hybridized carbons (Fsp3) is 0.500. The summed E-state index contributed by atoms with van der Waals surface area (Å²) in [6.45, 7) is 0.670. The van der Waals surface area contributed by atoms with Gasteiger partial charge >= 0.3 is 0 Å². The van der Waals surface area contributed by atoms with E-state index in [2.05, 4.69) is 5.32 Å². The summed E-state index contributed by atoms with van der Waals surface area (Å²) in [4.78, 5) is 11.7. The molecule has 0 radical (unpaired) electrons.